The Morgan fingerprint density at radius 3 is 2.54 bits per heavy atom. The lowest BCUT2D eigenvalue weighted by Crippen LogP contribution is -2.48. The molecule has 1 aliphatic heterocycles. The van der Waals surface area contributed by atoms with Crippen LogP contribution in [-0.2, 0) is 11.3 Å². The fraction of sp³-hybridized carbons (Fsp3) is 0.481. The highest BCUT2D eigenvalue weighted by atomic mass is 32.2. The third-order valence-electron chi connectivity index (χ3n) is 7.28. The third kappa shape index (κ3) is 5.76. The van der Waals surface area contributed by atoms with Gasteiger partial charge in [-0.15, -0.1) is 10.2 Å². The van der Waals surface area contributed by atoms with Crippen LogP contribution in [0.2, 0.25) is 0 Å². The normalized spacial score (nSPS) is 21.2. The maximum absolute atomic E-state index is 13.1. The van der Waals surface area contributed by atoms with Crippen molar-refractivity contribution in [3.8, 4) is 11.4 Å². The molecule has 2 aromatic heterocycles. The van der Waals surface area contributed by atoms with Gasteiger partial charge in [0, 0.05) is 56.7 Å². The summed E-state index contributed by atoms with van der Waals surface area (Å²) in [7, 11) is 0. The number of aromatic nitrogens is 4. The fourth-order valence-electron chi connectivity index (χ4n) is 5.26. The molecule has 1 saturated carbocycles. The number of carbonyl (C=O) groups excluding carboxylic acids is 1. The highest BCUT2D eigenvalue weighted by Crippen LogP contribution is 2.38. The largest absolute Gasteiger partial charge is 0.339 e. The van der Waals surface area contributed by atoms with Gasteiger partial charge in [-0.2, -0.15) is 0 Å². The molecule has 0 unspecified atom stereocenters. The second kappa shape index (κ2) is 11.4. The van der Waals surface area contributed by atoms with E-state index >= 15 is 0 Å². The van der Waals surface area contributed by atoms with Crippen LogP contribution in [0.5, 0.6) is 0 Å². The average Bonchev–Trinajstić information content (AvgIpc) is 3.33. The molecule has 2 aliphatic rings. The maximum Gasteiger partial charge on any atom is 0.233 e. The molecule has 2 atom stereocenters. The molecule has 1 aliphatic carbocycles. The van der Waals surface area contributed by atoms with Gasteiger partial charge in [-0.25, -0.2) is 0 Å². The Balaban J connectivity index is 1.23. The number of pyridine rings is 1. The van der Waals surface area contributed by atoms with Gasteiger partial charge < -0.3 is 4.90 Å². The summed E-state index contributed by atoms with van der Waals surface area (Å²) in [6.07, 6.45) is 8.46. The predicted octanol–water partition coefficient (Wildman–Crippen LogP) is 4.53. The van der Waals surface area contributed by atoms with E-state index < -0.39 is 0 Å². The van der Waals surface area contributed by atoms with Crippen molar-refractivity contribution in [2.45, 2.75) is 50.4 Å². The van der Waals surface area contributed by atoms with Crippen LogP contribution in [0, 0.1) is 5.92 Å². The summed E-state index contributed by atoms with van der Waals surface area (Å²) in [6.45, 7) is 6.64. The minimum absolute atomic E-state index is 0.184. The number of nitrogens with zero attached hydrogens (tertiary/aromatic N) is 6. The first kappa shape index (κ1) is 24.0. The number of hydrogen-bond acceptors (Lipinski definition) is 6. The summed E-state index contributed by atoms with van der Waals surface area (Å²) in [4.78, 5) is 21.8. The molecule has 0 bridgehead atoms. The Labute approximate surface area is 211 Å². The smallest absolute Gasteiger partial charge is 0.233 e. The first-order chi connectivity index (χ1) is 17.2. The van der Waals surface area contributed by atoms with Crippen LogP contribution in [0.4, 0.5) is 0 Å². The van der Waals surface area contributed by atoms with Gasteiger partial charge in [0.05, 0.1) is 5.75 Å². The van der Waals surface area contributed by atoms with Crippen molar-refractivity contribution in [2.75, 3.05) is 31.9 Å². The molecular weight excluding hydrogens is 456 g/mol. The van der Waals surface area contributed by atoms with Gasteiger partial charge in [0.1, 0.15) is 0 Å². The molecule has 35 heavy (non-hydrogen) atoms. The first-order valence-electron chi connectivity index (χ1n) is 12.7. The molecular formula is C27H34N6OS. The summed E-state index contributed by atoms with van der Waals surface area (Å²) < 4.78 is 2.29. The molecule has 3 heterocycles. The SMILES string of the molecule is C[C@@H]1CCCC[C@H]1n1c(SCC(=O)N2CCN(Cc3ccccc3)CC2)nnc1-c1cccnc1. The minimum atomic E-state index is 0.184. The van der Waals surface area contributed by atoms with E-state index in [-0.39, 0.29) is 5.91 Å². The molecule has 0 N–H and O–H groups in total. The van der Waals surface area contributed by atoms with Crippen molar-refractivity contribution >= 4 is 17.7 Å². The van der Waals surface area contributed by atoms with Crippen molar-refractivity contribution in [1.29, 1.82) is 0 Å². The lowest BCUT2D eigenvalue weighted by Gasteiger charge is -2.35. The van der Waals surface area contributed by atoms with Crippen LogP contribution in [-0.4, -0.2) is 67.4 Å². The summed E-state index contributed by atoms with van der Waals surface area (Å²) in [5.74, 6) is 2.00. The zero-order valence-corrected chi connectivity index (χ0v) is 21.2. The first-order valence-corrected chi connectivity index (χ1v) is 13.7. The Morgan fingerprint density at radius 1 is 1.00 bits per heavy atom. The molecule has 1 amide bonds. The van der Waals surface area contributed by atoms with Crippen LogP contribution in [0.25, 0.3) is 11.4 Å². The number of carbonyl (C=O) groups is 1. The lowest BCUT2D eigenvalue weighted by molar-refractivity contribution is -0.130. The quantitative estimate of drug-likeness (QED) is 0.454. The van der Waals surface area contributed by atoms with Crippen molar-refractivity contribution in [1.82, 2.24) is 29.5 Å². The van der Waals surface area contributed by atoms with E-state index in [1.54, 1.807) is 6.20 Å². The van der Waals surface area contributed by atoms with Crippen molar-refractivity contribution in [3.63, 3.8) is 0 Å². The molecule has 184 valence electrons. The Hall–Kier alpha value is -2.71. The standard InChI is InChI=1S/C27H34N6OS/c1-21-8-5-6-12-24(21)33-26(23-11-7-13-28-18-23)29-30-27(33)35-20-25(34)32-16-14-31(15-17-32)19-22-9-3-2-4-10-22/h2-4,7,9-11,13,18,21,24H,5-6,8,12,14-17,19-20H2,1H3/t21-,24-/m1/s1. The molecule has 2 fully saturated rings. The van der Waals surface area contributed by atoms with E-state index in [4.69, 9.17) is 0 Å². The van der Waals surface area contributed by atoms with E-state index in [9.17, 15) is 4.79 Å². The zero-order valence-electron chi connectivity index (χ0n) is 20.4. The third-order valence-corrected chi connectivity index (χ3v) is 8.21. The van der Waals surface area contributed by atoms with Gasteiger partial charge in [0.25, 0.3) is 0 Å². The van der Waals surface area contributed by atoms with Gasteiger partial charge in [0.2, 0.25) is 5.91 Å². The van der Waals surface area contributed by atoms with E-state index in [2.05, 4.69) is 55.8 Å². The fourth-order valence-corrected chi connectivity index (χ4v) is 6.16. The van der Waals surface area contributed by atoms with Gasteiger partial charge in [-0.05, 0) is 36.5 Å². The van der Waals surface area contributed by atoms with Crippen LogP contribution < -0.4 is 0 Å². The molecule has 3 aromatic rings. The zero-order chi connectivity index (χ0) is 24.0. The second-order valence-corrected chi connectivity index (χ2v) is 10.6. The highest BCUT2D eigenvalue weighted by molar-refractivity contribution is 7.99. The van der Waals surface area contributed by atoms with Gasteiger partial charge >= 0.3 is 0 Å². The number of thioether (sulfide) groups is 1. The molecule has 0 spiro atoms. The lowest BCUT2D eigenvalue weighted by atomic mass is 9.85. The van der Waals surface area contributed by atoms with Crippen molar-refractivity contribution in [3.05, 3.63) is 60.4 Å². The van der Waals surface area contributed by atoms with Crippen molar-refractivity contribution < 1.29 is 4.79 Å². The summed E-state index contributed by atoms with van der Waals surface area (Å²) in [5, 5.41) is 9.95. The molecule has 0 radical (unpaired) electrons. The van der Waals surface area contributed by atoms with Crippen LogP contribution in [0.3, 0.4) is 0 Å². The van der Waals surface area contributed by atoms with Crippen LogP contribution in [0.1, 0.15) is 44.2 Å². The monoisotopic (exact) mass is 490 g/mol. The summed E-state index contributed by atoms with van der Waals surface area (Å²) in [5.41, 5.74) is 2.30. The highest BCUT2D eigenvalue weighted by Gasteiger charge is 2.29. The maximum atomic E-state index is 13.1. The molecule has 8 heteroatoms. The number of piperazine rings is 1. The number of amides is 1. The predicted molar refractivity (Wildman–Crippen MR) is 139 cm³/mol. The minimum Gasteiger partial charge on any atom is -0.339 e. The Kier molecular flexibility index (Phi) is 7.79. The molecule has 1 saturated heterocycles. The summed E-state index contributed by atoms with van der Waals surface area (Å²) >= 11 is 1.53. The van der Waals surface area contributed by atoms with Gasteiger partial charge in [0.15, 0.2) is 11.0 Å². The van der Waals surface area contributed by atoms with Gasteiger partial charge in [-0.3, -0.25) is 19.2 Å². The Bertz CT molecular complexity index is 1100. The number of rotatable bonds is 7. The summed E-state index contributed by atoms with van der Waals surface area (Å²) in [6, 6.07) is 14.9. The molecule has 1 aromatic carbocycles. The van der Waals surface area contributed by atoms with Crippen molar-refractivity contribution in [2.24, 2.45) is 5.92 Å². The average molecular weight is 491 g/mol. The van der Waals surface area contributed by atoms with E-state index in [1.807, 2.05) is 29.3 Å². The van der Waals surface area contributed by atoms with Gasteiger partial charge in [-0.1, -0.05) is 61.9 Å². The van der Waals surface area contributed by atoms with E-state index in [0.29, 0.717) is 17.7 Å². The number of benzene rings is 1. The molecule has 5 rings (SSSR count). The second-order valence-electron chi connectivity index (χ2n) is 9.68. The topological polar surface area (TPSA) is 67.2 Å². The van der Waals surface area contributed by atoms with E-state index in [0.717, 1.165) is 55.7 Å². The molecule has 7 nitrogen and oxygen atoms in total. The van der Waals surface area contributed by atoms with Crippen LogP contribution in [0.15, 0.2) is 60.0 Å². The van der Waals surface area contributed by atoms with Crippen LogP contribution >= 0.6 is 11.8 Å². The van der Waals surface area contributed by atoms with E-state index in [1.165, 1.54) is 36.6 Å². The Morgan fingerprint density at radius 2 is 1.80 bits per heavy atom. The number of hydrogen-bond donors (Lipinski definition) is 0.